The Labute approximate surface area is 132 Å². The van der Waals surface area contributed by atoms with Crippen molar-refractivity contribution < 1.29 is 5.11 Å². The number of aliphatic hydroxyl groups is 1. The standard InChI is InChI=1S/C17H28N2OS/c20-16(13-21-17-8-2-1-3-9-17)12-14-10-11-19(18-14)15-6-4-5-7-15/h10-11,15-17,20H,1-9,12-13H2. The van der Waals surface area contributed by atoms with Crippen LogP contribution in [0.3, 0.4) is 0 Å². The highest BCUT2D eigenvalue weighted by molar-refractivity contribution is 7.99. The van der Waals surface area contributed by atoms with E-state index in [0.717, 1.165) is 16.7 Å². The highest BCUT2D eigenvalue weighted by Gasteiger charge is 2.19. The molecule has 0 bridgehead atoms. The molecule has 0 saturated heterocycles. The summed E-state index contributed by atoms with van der Waals surface area (Å²) < 4.78 is 2.13. The summed E-state index contributed by atoms with van der Waals surface area (Å²) in [6, 6.07) is 2.69. The fraction of sp³-hybridized carbons (Fsp3) is 0.824. The lowest BCUT2D eigenvalue weighted by molar-refractivity contribution is 0.198. The molecule has 1 aromatic heterocycles. The lowest BCUT2D eigenvalue weighted by Crippen LogP contribution is -2.18. The molecule has 1 unspecified atom stereocenters. The second kappa shape index (κ2) is 7.68. The molecule has 1 atom stereocenters. The molecule has 21 heavy (non-hydrogen) atoms. The molecule has 1 N–H and O–H groups in total. The van der Waals surface area contributed by atoms with Crippen molar-refractivity contribution in [3.05, 3.63) is 18.0 Å². The third kappa shape index (κ3) is 4.49. The molecule has 0 amide bonds. The van der Waals surface area contributed by atoms with Gasteiger partial charge in [0.1, 0.15) is 0 Å². The number of aliphatic hydroxyl groups excluding tert-OH is 1. The Balaban J connectivity index is 1.42. The number of rotatable bonds is 6. The second-order valence-electron chi connectivity index (χ2n) is 6.68. The normalized spacial score (nSPS) is 22.7. The second-order valence-corrected chi connectivity index (χ2v) is 8.01. The zero-order valence-corrected chi connectivity index (χ0v) is 13.7. The first-order chi connectivity index (χ1) is 10.3. The van der Waals surface area contributed by atoms with E-state index in [0.29, 0.717) is 12.5 Å². The van der Waals surface area contributed by atoms with E-state index in [1.54, 1.807) is 0 Å². The van der Waals surface area contributed by atoms with Crippen molar-refractivity contribution in [3.8, 4) is 0 Å². The predicted molar refractivity (Wildman–Crippen MR) is 88.8 cm³/mol. The van der Waals surface area contributed by atoms with Crippen molar-refractivity contribution in [2.24, 2.45) is 0 Å². The molecule has 0 radical (unpaired) electrons. The van der Waals surface area contributed by atoms with E-state index in [4.69, 9.17) is 0 Å². The number of aromatic nitrogens is 2. The molecule has 1 heterocycles. The minimum absolute atomic E-state index is 0.246. The average Bonchev–Trinajstić information content (AvgIpc) is 3.17. The molecule has 0 aliphatic heterocycles. The molecular weight excluding hydrogens is 280 g/mol. The van der Waals surface area contributed by atoms with Gasteiger partial charge in [0.25, 0.3) is 0 Å². The molecule has 2 fully saturated rings. The highest BCUT2D eigenvalue weighted by Crippen LogP contribution is 2.30. The molecule has 0 aromatic carbocycles. The minimum Gasteiger partial charge on any atom is -0.392 e. The molecule has 0 spiro atoms. The molecule has 3 nitrogen and oxygen atoms in total. The lowest BCUT2D eigenvalue weighted by Gasteiger charge is -2.22. The molecule has 2 saturated carbocycles. The van der Waals surface area contributed by atoms with Gasteiger partial charge in [0.05, 0.1) is 17.8 Å². The van der Waals surface area contributed by atoms with Crippen molar-refractivity contribution in [2.45, 2.75) is 81.6 Å². The molecule has 2 aliphatic rings. The van der Waals surface area contributed by atoms with Crippen LogP contribution >= 0.6 is 11.8 Å². The Morgan fingerprint density at radius 2 is 1.86 bits per heavy atom. The predicted octanol–water partition coefficient (Wildman–Crippen LogP) is 3.97. The summed E-state index contributed by atoms with van der Waals surface area (Å²) >= 11 is 1.97. The van der Waals surface area contributed by atoms with Crippen LogP contribution in [-0.2, 0) is 6.42 Å². The number of hydrogen-bond acceptors (Lipinski definition) is 3. The van der Waals surface area contributed by atoms with Gasteiger partial charge in [-0.15, -0.1) is 0 Å². The van der Waals surface area contributed by atoms with Gasteiger partial charge >= 0.3 is 0 Å². The molecular formula is C17H28N2OS. The summed E-state index contributed by atoms with van der Waals surface area (Å²) in [6.45, 7) is 0. The van der Waals surface area contributed by atoms with Gasteiger partial charge in [0.15, 0.2) is 0 Å². The minimum atomic E-state index is -0.246. The van der Waals surface area contributed by atoms with E-state index in [2.05, 4.69) is 22.0 Å². The van der Waals surface area contributed by atoms with Crippen molar-refractivity contribution in [1.29, 1.82) is 0 Å². The van der Waals surface area contributed by atoms with Crippen LogP contribution < -0.4 is 0 Å². The van der Waals surface area contributed by atoms with Crippen molar-refractivity contribution in [2.75, 3.05) is 5.75 Å². The summed E-state index contributed by atoms with van der Waals surface area (Å²) in [4.78, 5) is 0. The van der Waals surface area contributed by atoms with E-state index in [-0.39, 0.29) is 6.10 Å². The number of hydrogen-bond donors (Lipinski definition) is 1. The fourth-order valence-electron chi connectivity index (χ4n) is 3.64. The van der Waals surface area contributed by atoms with Gasteiger partial charge in [0, 0.05) is 23.6 Å². The third-order valence-corrected chi connectivity index (χ3v) is 6.40. The van der Waals surface area contributed by atoms with E-state index >= 15 is 0 Å². The largest absolute Gasteiger partial charge is 0.392 e. The Bertz CT molecular complexity index is 422. The third-order valence-electron chi connectivity index (χ3n) is 4.88. The van der Waals surface area contributed by atoms with Crippen LogP contribution in [0.5, 0.6) is 0 Å². The smallest absolute Gasteiger partial charge is 0.0686 e. The van der Waals surface area contributed by atoms with Crippen LogP contribution in [0.25, 0.3) is 0 Å². The van der Waals surface area contributed by atoms with Crippen LogP contribution in [-0.4, -0.2) is 32.0 Å². The zero-order chi connectivity index (χ0) is 14.5. The first-order valence-electron chi connectivity index (χ1n) is 8.65. The topological polar surface area (TPSA) is 38.0 Å². The van der Waals surface area contributed by atoms with E-state index in [9.17, 15) is 5.11 Å². The maximum atomic E-state index is 10.2. The monoisotopic (exact) mass is 308 g/mol. The van der Waals surface area contributed by atoms with E-state index in [1.807, 2.05) is 11.8 Å². The highest BCUT2D eigenvalue weighted by atomic mass is 32.2. The van der Waals surface area contributed by atoms with Gasteiger partial charge in [-0.1, -0.05) is 32.1 Å². The van der Waals surface area contributed by atoms with Gasteiger partial charge in [-0.3, -0.25) is 4.68 Å². The number of thioether (sulfide) groups is 1. The summed E-state index contributed by atoms with van der Waals surface area (Å²) in [6.07, 6.45) is 14.6. The SMILES string of the molecule is OC(CSC1CCCCC1)Cc1ccn(C2CCCC2)n1. The van der Waals surface area contributed by atoms with Crippen molar-refractivity contribution in [3.63, 3.8) is 0 Å². The van der Waals surface area contributed by atoms with E-state index < -0.39 is 0 Å². The summed E-state index contributed by atoms with van der Waals surface area (Å²) in [5.74, 6) is 0.862. The number of nitrogens with zero attached hydrogens (tertiary/aromatic N) is 2. The van der Waals surface area contributed by atoms with Gasteiger partial charge in [0.2, 0.25) is 0 Å². The maximum absolute atomic E-state index is 10.2. The van der Waals surface area contributed by atoms with Crippen LogP contribution in [0.2, 0.25) is 0 Å². The Kier molecular flexibility index (Phi) is 5.64. The average molecular weight is 308 g/mol. The van der Waals surface area contributed by atoms with Gasteiger partial charge in [-0.25, -0.2) is 0 Å². The summed E-state index contributed by atoms with van der Waals surface area (Å²) in [5, 5.41) is 15.7. The first-order valence-corrected chi connectivity index (χ1v) is 9.70. The zero-order valence-electron chi connectivity index (χ0n) is 12.9. The van der Waals surface area contributed by atoms with Crippen LogP contribution in [0.4, 0.5) is 0 Å². The molecule has 4 heteroatoms. The Morgan fingerprint density at radius 1 is 1.14 bits per heavy atom. The molecule has 118 valence electrons. The molecule has 1 aromatic rings. The van der Waals surface area contributed by atoms with Gasteiger partial charge in [-0.2, -0.15) is 16.9 Å². The quantitative estimate of drug-likeness (QED) is 0.864. The van der Waals surface area contributed by atoms with Crippen LogP contribution in [0.1, 0.15) is 69.5 Å². The van der Waals surface area contributed by atoms with E-state index in [1.165, 1.54) is 57.8 Å². The molecule has 3 rings (SSSR count). The van der Waals surface area contributed by atoms with Crippen molar-refractivity contribution >= 4 is 11.8 Å². The summed E-state index contributed by atoms with van der Waals surface area (Å²) in [5.41, 5.74) is 1.05. The summed E-state index contributed by atoms with van der Waals surface area (Å²) in [7, 11) is 0. The Morgan fingerprint density at radius 3 is 2.62 bits per heavy atom. The maximum Gasteiger partial charge on any atom is 0.0686 e. The van der Waals surface area contributed by atoms with Crippen LogP contribution in [0, 0.1) is 0 Å². The lowest BCUT2D eigenvalue weighted by atomic mass is 10.0. The van der Waals surface area contributed by atoms with Crippen LogP contribution in [0.15, 0.2) is 12.3 Å². The Hall–Kier alpha value is -0.480. The first kappa shape index (κ1) is 15.4. The molecule has 2 aliphatic carbocycles. The fourth-order valence-corrected chi connectivity index (χ4v) is 4.92. The van der Waals surface area contributed by atoms with Gasteiger partial charge in [-0.05, 0) is 31.7 Å². The van der Waals surface area contributed by atoms with Gasteiger partial charge < -0.3 is 5.11 Å². The van der Waals surface area contributed by atoms with Crippen molar-refractivity contribution in [1.82, 2.24) is 9.78 Å².